The van der Waals surface area contributed by atoms with Gasteiger partial charge in [0.05, 0.1) is 5.69 Å². The molecule has 3 rings (SSSR count). The number of hydrogen-bond acceptors (Lipinski definition) is 4. The molecular weight excluding hydrogens is 266 g/mol. The summed E-state index contributed by atoms with van der Waals surface area (Å²) < 4.78 is 0. The molecule has 0 N–H and O–H groups in total. The number of aliphatic imine (C=N–C) groups is 1. The summed E-state index contributed by atoms with van der Waals surface area (Å²) in [5.41, 5.74) is 2.08. The molecule has 110 valence electrons. The van der Waals surface area contributed by atoms with Crippen LogP contribution >= 0.6 is 0 Å². The third-order valence-corrected chi connectivity index (χ3v) is 4.23. The fraction of sp³-hybridized carbons (Fsp3) is 0.500. The Hall–Kier alpha value is -2.13. The van der Waals surface area contributed by atoms with Gasteiger partial charge in [0.2, 0.25) is 6.08 Å². The smallest absolute Gasteiger partial charge is 0.253 e. The molecule has 0 radical (unpaired) electrons. The lowest BCUT2D eigenvalue weighted by Crippen LogP contribution is -2.27. The van der Waals surface area contributed by atoms with E-state index in [9.17, 15) is 9.59 Å². The van der Waals surface area contributed by atoms with E-state index in [0.717, 1.165) is 57.5 Å². The monoisotopic (exact) mass is 285 g/mol. The molecule has 5 heteroatoms. The van der Waals surface area contributed by atoms with Crippen molar-refractivity contribution in [2.45, 2.75) is 25.7 Å². The summed E-state index contributed by atoms with van der Waals surface area (Å²) in [6.07, 6.45) is 6.04. The van der Waals surface area contributed by atoms with Gasteiger partial charge in [-0.15, -0.1) is 0 Å². The summed E-state index contributed by atoms with van der Waals surface area (Å²) >= 11 is 0. The lowest BCUT2D eigenvalue weighted by atomic mass is 10.1. The lowest BCUT2D eigenvalue weighted by molar-refractivity contribution is 0.0793. The molecule has 2 saturated heterocycles. The summed E-state index contributed by atoms with van der Waals surface area (Å²) in [5, 5.41) is 0. The summed E-state index contributed by atoms with van der Waals surface area (Å²) in [5.74, 6) is 0.0304. The number of amides is 1. The van der Waals surface area contributed by atoms with Gasteiger partial charge in [-0.25, -0.2) is 4.79 Å². The normalized spacial score (nSPS) is 17.9. The van der Waals surface area contributed by atoms with E-state index in [1.54, 1.807) is 12.1 Å². The van der Waals surface area contributed by atoms with Gasteiger partial charge < -0.3 is 9.80 Å². The zero-order valence-electron chi connectivity index (χ0n) is 12.0. The van der Waals surface area contributed by atoms with Crippen molar-refractivity contribution in [1.29, 1.82) is 0 Å². The number of rotatable bonds is 3. The van der Waals surface area contributed by atoms with Gasteiger partial charge in [-0.05, 0) is 43.9 Å². The Labute approximate surface area is 124 Å². The van der Waals surface area contributed by atoms with Crippen molar-refractivity contribution in [3.05, 3.63) is 23.8 Å². The van der Waals surface area contributed by atoms with Crippen molar-refractivity contribution in [2.75, 3.05) is 31.1 Å². The summed E-state index contributed by atoms with van der Waals surface area (Å²) in [4.78, 5) is 31.0. The van der Waals surface area contributed by atoms with Crippen LogP contribution in [-0.2, 0) is 4.79 Å². The van der Waals surface area contributed by atoms with Crippen LogP contribution in [0.1, 0.15) is 36.0 Å². The molecular formula is C16H19N3O2. The molecule has 21 heavy (non-hydrogen) atoms. The van der Waals surface area contributed by atoms with E-state index in [1.165, 1.54) is 0 Å². The van der Waals surface area contributed by atoms with Crippen molar-refractivity contribution in [2.24, 2.45) is 4.99 Å². The van der Waals surface area contributed by atoms with Crippen LogP contribution in [0.4, 0.5) is 11.4 Å². The molecule has 0 saturated carbocycles. The van der Waals surface area contributed by atoms with Gasteiger partial charge in [0, 0.05) is 31.7 Å². The van der Waals surface area contributed by atoms with E-state index in [2.05, 4.69) is 9.89 Å². The molecule has 1 aromatic carbocycles. The molecule has 0 aromatic heterocycles. The molecule has 2 aliphatic rings. The Morgan fingerprint density at radius 3 is 2.38 bits per heavy atom. The van der Waals surface area contributed by atoms with E-state index < -0.39 is 0 Å². The first kappa shape index (κ1) is 13.8. The highest BCUT2D eigenvalue weighted by atomic mass is 16.2. The molecule has 1 amide bonds. The van der Waals surface area contributed by atoms with Crippen LogP contribution < -0.4 is 4.90 Å². The highest BCUT2D eigenvalue weighted by molar-refractivity contribution is 5.96. The number of carbonyl (C=O) groups is 1. The zero-order valence-corrected chi connectivity index (χ0v) is 12.0. The van der Waals surface area contributed by atoms with Crippen molar-refractivity contribution >= 4 is 23.4 Å². The first-order valence-corrected chi connectivity index (χ1v) is 7.56. The van der Waals surface area contributed by atoms with Crippen LogP contribution in [0.15, 0.2) is 23.2 Å². The van der Waals surface area contributed by atoms with Gasteiger partial charge >= 0.3 is 0 Å². The van der Waals surface area contributed by atoms with E-state index in [0.29, 0.717) is 11.3 Å². The Morgan fingerprint density at radius 2 is 1.71 bits per heavy atom. The van der Waals surface area contributed by atoms with Crippen LogP contribution in [0.25, 0.3) is 0 Å². The molecule has 0 unspecified atom stereocenters. The largest absolute Gasteiger partial charge is 0.370 e. The Balaban J connectivity index is 1.90. The highest BCUT2D eigenvalue weighted by Gasteiger charge is 2.22. The highest BCUT2D eigenvalue weighted by Crippen LogP contribution is 2.32. The third kappa shape index (κ3) is 2.83. The van der Waals surface area contributed by atoms with Gasteiger partial charge in [0.15, 0.2) is 0 Å². The lowest BCUT2D eigenvalue weighted by Gasteiger charge is -2.21. The predicted molar refractivity (Wildman–Crippen MR) is 80.8 cm³/mol. The maximum absolute atomic E-state index is 12.4. The molecule has 2 aliphatic heterocycles. The number of hydrogen-bond donors (Lipinski definition) is 0. The van der Waals surface area contributed by atoms with E-state index in [1.807, 2.05) is 17.0 Å². The SMILES string of the molecule is O=C=Nc1cc(C(=O)N2CCCC2)ccc1N1CCCC1. The minimum Gasteiger partial charge on any atom is -0.370 e. The molecule has 5 nitrogen and oxygen atoms in total. The molecule has 0 spiro atoms. The average molecular weight is 285 g/mol. The van der Waals surface area contributed by atoms with Crippen LogP contribution in [0.2, 0.25) is 0 Å². The number of carbonyl (C=O) groups excluding carboxylic acids is 2. The molecule has 2 fully saturated rings. The van der Waals surface area contributed by atoms with E-state index in [4.69, 9.17) is 0 Å². The second kappa shape index (κ2) is 6.10. The van der Waals surface area contributed by atoms with E-state index >= 15 is 0 Å². The molecule has 2 heterocycles. The van der Waals surface area contributed by atoms with Crippen molar-refractivity contribution < 1.29 is 9.59 Å². The second-order valence-electron chi connectivity index (χ2n) is 5.60. The fourth-order valence-corrected chi connectivity index (χ4v) is 3.12. The molecule has 0 atom stereocenters. The Kier molecular flexibility index (Phi) is 4.02. The van der Waals surface area contributed by atoms with E-state index in [-0.39, 0.29) is 5.91 Å². The molecule has 1 aromatic rings. The number of anilines is 1. The second-order valence-corrected chi connectivity index (χ2v) is 5.60. The van der Waals surface area contributed by atoms with Gasteiger partial charge in [-0.3, -0.25) is 4.79 Å². The first-order chi connectivity index (χ1) is 10.3. The van der Waals surface area contributed by atoms with Crippen LogP contribution in [0.5, 0.6) is 0 Å². The third-order valence-electron chi connectivity index (χ3n) is 4.23. The molecule has 0 aliphatic carbocycles. The van der Waals surface area contributed by atoms with Crippen LogP contribution in [-0.4, -0.2) is 43.1 Å². The molecule has 0 bridgehead atoms. The van der Waals surface area contributed by atoms with Crippen molar-refractivity contribution in [3.8, 4) is 0 Å². The first-order valence-electron chi connectivity index (χ1n) is 7.56. The zero-order chi connectivity index (χ0) is 14.7. The Bertz CT molecular complexity index is 581. The fourth-order valence-electron chi connectivity index (χ4n) is 3.12. The topological polar surface area (TPSA) is 53.0 Å². The summed E-state index contributed by atoms with van der Waals surface area (Å²) in [6, 6.07) is 5.47. The van der Waals surface area contributed by atoms with Gasteiger partial charge in [0.25, 0.3) is 5.91 Å². The summed E-state index contributed by atoms with van der Waals surface area (Å²) in [6.45, 7) is 3.58. The number of likely N-dealkylation sites (tertiary alicyclic amines) is 1. The van der Waals surface area contributed by atoms with Crippen LogP contribution in [0.3, 0.4) is 0 Å². The predicted octanol–water partition coefficient (Wildman–Crippen LogP) is 2.49. The Morgan fingerprint density at radius 1 is 1.05 bits per heavy atom. The maximum atomic E-state index is 12.4. The minimum absolute atomic E-state index is 0.0304. The van der Waals surface area contributed by atoms with Gasteiger partial charge in [-0.2, -0.15) is 4.99 Å². The minimum atomic E-state index is 0.0304. The van der Waals surface area contributed by atoms with Gasteiger partial charge in [-0.1, -0.05) is 0 Å². The number of benzene rings is 1. The average Bonchev–Trinajstić information content (AvgIpc) is 3.20. The van der Waals surface area contributed by atoms with Gasteiger partial charge in [0.1, 0.15) is 5.69 Å². The van der Waals surface area contributed by atoms with Crippen LogP contribution in [0, 0.1) is 0 Å². The maximum Gasteiger partial charge on any atom is 0.253 e. The number of nitrogens with zero attached hydrogens (tertiary/aromatic N) is 3. The standard InChI is InChI=1S/C16H19N3O2/c20-12-17-14-11-13(16(21)19-9-3-4-10-19)5-6-15(14)18-7-1-2-8-18/h5-6,11H,1-4,7-10H2. The van der Waals surface area contributed by atoms with Crippen molar-refractivity contribution in [3.63, 3.8) is 0 Å². The van der Waals surface area contributed by atoms with Crippen molar-refractivity contribution in [1.82, 2.24) is 4.90 Å². The quantitative estimate of drug-likeness (QED) is 0.633. The summed E-state index contributed by atoms with van der Waals surface area (Å²) in [7, 11) is 0. The number of isocyanates is 1.